The first kappa shape index (κ1) is 18.4. The molecule has 0 aliphatic carbocycles. The van der Waals surface area contributed by atoms with E-state index >= 15 is 0 Å². The lowest BCUT2D eigenvalue weighted by atomic mass is 10.0. The summed E-state index contributed by atoms with van der Waals surface area (Å²) in [5.74, 6) is 0.607. The average molecular weight is 271 g/mol. The van der Waals surface area contributed by atoms with Gasteiger partial charge in [-0.15, -0.1) is 0 Å². The molecule has 0 saturated carbocycles. The van der Waals surface area contributed by atoms with Gasteiger partial charge in [0.25, 0.3) is 0 Å². The van der Waals surface area contributed by atoms with Crippen molar-refractivity contribution < 1.29 is 4.79 Å². The number of nitrogens with zero attached hydrogens (tertiary/aromatic N) is 1. The Morgan fingerprint density at radius 3 is 2.16 bits per heavy atom. The zero-order valence-corrected chi connectivity index (χ0v) is 13.8. The molecule has 3 atom stereocenters. The van der Waals surface area contributed by atoms with E-state index in [0.29, 0.717) is 12.0 Å². The number of carbonyl (C=O) groups excluding carboxylic acids is 1. The highest BCUT2D eigenvalue weighted by Crippen LogP contribution is 2.04. The molecule has 0 aromatic rings. The number of hydrogen-bond acceptors (Lipinski definition) is 3. The molecular weight excluding hydrogens is 238 g/mol. The van der Waals surface area contributed by atoms with Crippen molar-refractivity contribution in [1.82, 2.24) is 15.5 Å². The number of rotatable bonds is 9. The monoisotopic (exact) mass is 271 g/mol. The van der Waals surface area contributed by atoms with Crippen LogP contribution in [0.1, 0.15) is 47.5 Å². The first-order valence-electron chi connectivity index (χ1n) is 7.49. The summed E-state index contributed by atoms with van der Waals surface area (Å²) >= 11 is 0. The normalized spacial score (nSPS) is 16.5. The van der Waals surface area contributed by atoms with E-state index in [1.165, 1.54) is 0 Å². The van der Waals surface area contributed by atoms with Gasteiger partial charge in [0.05, 0.1) is 6.04 Å². The summed E-state index contributed by atoms with van der Waals surface area (Å²) < 4.78 is 0. The number of hydrogen-bond donors (Lipinski definition) is 2. The summed E-state index contributed by atoms with van der Waals surface area (Å²) in [6, 6.07) is 0.442. The van der Waals surface area contributed by atoms with E-state index in [0.717, 1.165) is 19.4 Å². The molecule has 0 rings (SSSR count). The zero-order chi connectivity index (χ0) is 15.0. The van der Waals surface area contributed by atoms with E-state index in [9.17, 15) is 4.79 Å². The maximum Gasteiger partial charge on any atom is 0.237 e. The lowest BCUT2D eigenvalue weighted by Crippen LogP contribution is -2.52. The van der Waals surface area contributed by atoms with E-state index < -0.39 is 0 Å². The number of likely N-dealkylation sites (N-methyl/N-ethyl adjacent to an activating group) is 1. The minimum absolute atomic E-state index is 0.102. The summed E-state index contributed by atoms with van der Waals surface area (Å²) in [7, 11) is 4.12. The summed E-state index contributed by atoms with van der Waals surface area (Å²) in [6.45, 7) is 11.5. The molecule has 1 amide bonds. The number of carbonyl (C=O) groups is 1. The van der Waals surface area contributed by atoms with E-state index in [2.05, 4.69) is 57.3 Å². The predicted molar refractivity (Wildman–Crippen MR) is 82.3 cm³/mol. The Hall–Kier alpha value is -0.610. The van der Waals surface area contributed by atoms with Gasteiger partial charge in [-0.2, -0.15) is 0 Å². The van der Waals surface area contributed by atoms with Gasteiger partial charge in [-0.05, 0) is 40.3 Å². The van der Waals surface area contributed by atoms with Crippen LogP contribution in [0.25, 0.3) is 0 Å². The van der Waals surface area contributed by atoms with Crippen LogP contribution in [0, 0.1) is 5.92 Å². The molecule has 0 bridgehead atoms. The van der Waals surface area contributed by atoms with Crippen LogP contribution < -0.4 is 10.6 Å². The van der Waals surface area contributed by atoms with Gasteiger partial charge in [0.2, 0.25) is 5.91 Å². The predicted octanol–water partition coefficient (Wildman–Crippen LogP) is 1.86. The molecule has 2 N–H and O–H groups in total. The molecule has 19 heavy (non-hydrogen) atoms. The highest BCUT2D eigenvalue weighted by molar-refractivity contribution is 5.81. The molecule has 0 aliphatic rings. The van der Waals surface area contributed by atoms with Crippen molar-refractivity contribution in [2.24, 2.45) is 5.92 Å². The van der Waals surface area contributed by atoms with E-state index in [1.54, 1.807) is 0 Å². The van der Waals surface area contributed by atoms with Crippen LogP contribution >= 0.6 is 0 Å². The van der Waals surface area contributed by atoms with Crippen LogP contribution in [-0.4, -0.2) is 49.6 Å². The van der Waals surface area contributed by atoms with Crippen molar-refractivity contribution in [3.63, 3.8) is 0 Å². The second kappa shape index (κ2) is 9.32. The fourth-order valence-corrected chi connectivity index (χ4v) is 2.12. The maximum absolute atomic E-state index is 12.1. The highest BCUT2D eigenvalue weighted by Gasteiger charge is 2.21. The molecule has 0 aromatic carbocycles. The van der Waals surface area contributed by atoms with Crippen LogP contribution in [-0.2, 0) is 4.79 Å². The van der Waals surface area contributed by atoms with E-state index in [4.69, 9.17) is 0 Å². The van der Waals surface area contributed by atoms with Gasteiger partial charge >= 0.3 is 0 Å². The van der Waals surface area contributed by atoms with Gasteiger partial charge < -0.3 is 15.5 Å². The van der Waals surface area contributed by atoms with Crippen LogP contribution in [0.5, 0.6) is 0 Å². The SMILES string of the molecule is CCCC(C)NC(=O)C(C)NC(CN(C)C)C(C)C. The third kappa shape index (κ3) is 8.22. The van der Waals surface area contributed by atoms with Crippen LogP contribution in [0.4, 0.5) is 0 Å². The number of amides is 1. The molecule has 0 saturated heterocycles. The second-order valence-electron chi connectivity index (χ2n) is 6.20. The molecule has 114 valence electrons. The van der Waals surface area contributed by atoms with Crippen LogP contribution in [0.3, 0.4) is 0 Å². The third-order valence-electron chi connectivity index (χ3n) is 3.33. The largest absolute Gasteiger partial charge is 0.352 e. The quantitative estimate of drug-likeness (QED) is 0.673. The summed E-state index contributed by atoms with van der Waals surface area (Å²) in [5.41, 5.74) is 0. The van der Waals surface area contributed by atoms with Gasteiger partial charge in [0, 0.05) is 18.6 Å². The maximum atomic E-state index is 12.1. The fraction of sp³-hybridized carbons (Fsp3) is 0.933. The summed E-state index contributed by atoms with van der Waals surface area (Å²) in [6.07, 6.45) is 2.13. The van der Waals surface area contributed by atoms with Crippen LogP contribution in [0.15, 0.2) is 0 Å². The van der Waals surface area contributed by atoms with Gasteiger partial charge in [0.1, 0.15) is 0 Å². The van der Waals surface area contributed by atoms with Crippen molar-refractivity contribution in [2.45, 2.75) is 65.6 Å². The molecule has 4 heteroatoms. The average Bonchev–Trinajstić information content (AvgIpc) is 2.27. The molecule has 3 unspecified atom stereocenters. The van der Waals surface area contributed by atoms with E-state index in [-0.39, 0.29) is 18.0 Å². The topological polar surface area (TPSA) is 44.4 Å². The lowest BCUT2D eigenvalue weighted by Gasteiger charge is -2.29. The third-order valence-corrected chi connectivity index (χ3v) is 3.33. The summed E-state index contributed by atoms with van der Waals surface area (Å²) in [5, 5.41) is 6.50. The van der Waals surface area contributed by atoms with Crippen LogP contribution in [0.2, 0.25) is 0 Å². The Kier molecular flexibility index (Phi) is 9.02. The molecule has 0 heterocycles. The van der Waals surface area contributed by atoms with Crippen molar-refractivity contribution in [3.05, 3.63) is 0 Å². The molecule has 0 aliphatic heterocycles. The Labute approximate surface area is 119 Å². The molecule has 0 radical (unpaired) electrons. The smallest absolute Gasteiger partial charge is 0.237 e. The van der Waals surface area contributed by atoms with Gasteiger partial charge in [0.15, 0.2) is 0 Å². The van der Waals surface area contributed by atoms with Gasteiger partial charge in [-0.25, -0.2) is 0 Å². The van der Waals surface area contributed by atoms with Crippen molar-refractivity contribution in [1.29, 1.82) is 0 Å². The number of nitrogens with one attached hydrogen (secondary N) is 2. The Morgan fingerprint density at radius 1 is 1.16 bits per heavy atom. The van der Waals surface area contributed by atoms with Crippen molar-refractivity contribution in [2.75, 3.05) is 20.6 Å². The van der Waals surface area contributed by atoms with Crippen molar-refractivity contribution >= 4 is 5.91 Å². The fourth-order valence-electron chi connectivity index (χ4n) is 2.12. The molecule has 4 nitrogen and oxygen atoms in total. The van der Waals surface area contributed by atoms with Gasteiger partial charge in [-0.1, -0.05) is 27.2 Å². The van der Waals surface area contributed by atoms with Crippen molar-refractivity contribution in [3.8, 4) is 0 Å². The van der Waals surface area contributed by atoms with Gasteiger partial charge in [-0.3, -0.25) is 4.79 Å². The molecular formula is C15H33N3O. The minimum Gasteiger partial charge on any atom is -0.352 e. The Balaban J connectivity index is 4.30. The highest BCUT2D eigenvalue weighted by atomic mass is 16.2. The standard InChI is InChI=1S/C15H33N3O/c1-8-9-12(4)16-15(19)13(5)17-14(11(2)3)10-18(6)7/h11-14,17H,8-10H2,1-7H3,(H,16,19). The first-order chi connectivity index (χ1) is 8.77. The Morgan fingerprint density at radius 2 is 1.74 bits per heavy atom. The van der Waals surface area contributed by atoms with E-state index in [1.807, 2.05) is 6.92 Å². The summed E-state index contributed by atoms with van der Waals surface area (Å²) in [4.78, 5) is 14.2. The first-order valence-corrected chi connectivity index (χ1v) is 7.49. The second-order valence-corrected chi connectivity index (χ2v) is 6.20. The zero-order valence-electron chi connectivity index (χ0n) is 13.8. The molecule has 0 spiro atoms. The Bertz CT molecular complexity index is 254. The minimum atomic E-state index is -0.147. The lowest BCUT2D eigenvalue weighted by molar-refractivity contribution is -0.123. The molecule has 0 fully saturated rings. The molecule has 0 aromatic heterocycles.